The maximum Gasteiger partial charge on any atom is 0.335 e. The molecule has 2 aromatic heterocycles. The first-order valence-corrected chi connectivity index (χ1v) is 10.6. The van der Waals surface area contributed by atoms with E-state index in [0.29, 0.717) is 17.1 Å². The van der Waals surface area contributed by atoms with Crippen molar-refractivity contribution in [3.63, 3.8) is 0 Å². The third-order valence-corrected chi connectivity index (χ3v) is 6.19. The van der Waals surface area contributed by atoms with Gasteiger partial charge in [0.05, 0.1) is 27.4 Å². The molecule has 5 nitrogen and oxygen atoms in total. The van der Waals surface area contributed by atoms with E-state index in [0.717, 1.165) is 21.3 Å². The molecule has 0 unspecified atom stereocenters. The van der Waals surface area contributed by atoms with Crippen LogP contribution in [0.3, 0.4) is 0 Å². The molecule has 0 aliphatic heterocycles. The van der Waals surface area contributed by atoms with Gasteiger partial charge in [-0.3, -0.25) is 4.79 Å². The number of carbonyl (C=O) groups is 2. The number of benzene rings is 2. The van der Waals surface area contributed by atoms with Gasteiger partial charge in [-0.1, -0.05) is 35.9 Å². The monoisotopic (exact) mass is 438 g/mol. The van der Waals surface area contributed by atoms with Crippen molar-refractivity contribution in [1.82, 2.24) is 9.88 Å². The summed E-state index contributed by atoms with van der Waals surface area (Å²) in [6, 6.07) is 16.0. The molecule has 0 bridgehead atoms. The number of rotatable bonds is 6. The van der Waals surface area contributed by atoms with Gasteiger partial charge in [0.15, 0.2) is 0 Å². The first-order chi connectivity index (χ1) is 14.4. The topological polar surface area (TPSA) is 71.3 Å². The van der Waals surface area contributed by atoms with Crippen LogP contribution >= 0.6 is 22.9 Å². The molecule has 0 aliphatic rings. The zero-order valence-corrected chi connectivity index (χ0v) is 17.7. The minimum absolute atomic E-state index is 0.160. The Morgan fingerprint density at radius 3 is 2.47 bits per heavy atom. The number of hydrogen-bond acceptors (Lipinski definition) is 3. The Labute approximate surface area is 182 Å². The number of nitrogens with zero attached hydrogens (tertiary/aromatic N) is 1. The Morgan fingerprint density at radius 2 is 1.80 bits per heavy atom. The first-order valence-electron chi connectivity index (χ1n) is 9.37. The third-order valence-electron chi connectivity index (χ3n) is 5.00. The number of aromatic carboxylic acids is 1. The highest BCUT2D eigenvalue weighted by Crippen LogP contribution is 2.28. The van der Waals surface area contributed by atoms with E-state index >= 15 is 0 Å². The Kier molecular flexibility index (Phi) is 5.61. The molecule has 0 fully saturated rings. The fourth-order valence-corrected chi connectivity index (χ4v) is 4.43. The van der Waals surface area contributed by atoms with E-state index in [2.05, 4.69) is 9.88 Å². The minimum Gasteiger partial charge on any atom is -0.478 e. The summed E-state index contributed by atoms with van der Waals surface area (Å²) in [6.07, 6.45) is 1.99. The van der Waals surface area contributed by atoms with Gasteiger partial charge >= 0.3 is 5.97 Å². The number of hydrogen-bond donors (Lipinski definition) is 2. The molecule has 1 atom stereocenters. The van der Waals surface area contributed by atoms with Gasteiger partial charge in [0.2, 0.25) is 0 Å². The highest BCUT2D eigenvalue weighted by atomic mass is 35.5. The van der Waals surface area contributed by atoms with Crippen LogP contribution in [0.5, 0.6) is 0 Å². The van der Waals surface area contributed by atoms with Crippen LogP contribution in [0.25, 0.3) is 10.2 Å². The van der Waals surface area contributed by atoms with Gasteiger partial charge in [0.1, 0.15) is 0 Å². The molecule has 0 saturated heterocycles. The summed E-state index contributed by atoms with van der Waals surface area (Å²) in [7, 11) is 0. The molecule has 2 heterocycles. The largest absolute Gasteiger partial charge is 0.478 e. The highest BCUT2D eigenvalue weighted by Gasteiger charge is 2.18. The van der Waals surface area contributed by atoms with Crippen LogP contribution in [0.15, 0.2) is 66.2 Å². The van der Waals surface area contributed by atoms with Crippen LogP contribution in [-0.4, -0.2) is 21.6 Å². The van der Waals surface area contributed by atoms with Crippen molar-refractivity contribution < 1.29 is 14.7 Å². The summed E-state index contributed by atoms with van der Waals surface area (Å²) in [5, 5.41) is 14.6. The second-order valence-corrected chi connectivity index (χ2v) is 8.40. The lowest BCUT2D eigenvalue weighted by atomic mass is 10.1. The predicted octanol–water partition coefficient (Wildman–Crippen LogP) is 5.59. The fraction of sp³-hybridized carbons (Fsp3) is 0.130. The molecule has 2 N–H and O–H groups in total. The number of carbonyl (C=O) groups excluding carboxylic acids is 1. The molecule has 1 amide bonds. The smallest absolute Gasteiger partial charge is 0.335 e. The molecule has 2 aromatic carbocycles. The van der Waals surface area contributed by atoms with Crippen molar-refractivity contribution in [3.05, 3.63) is 93.5 Å². The average Bonchev–Trinajstić information content (AvgIpc) is 3.32. The number of carboxylic acid groups (broad SMARTS) is 1. The maximum atomic E-state index is 13.0. The van der Waals surface area contributed by atoms with E-state index in [1.807, 2.05) is 48.8 Å². The lowest BCUT2D eigenvalue weighted by Crippen LogP contribution is -2.26. The standard InChI is InChI=1S/C23H19ClN2O3S/c1-14(16-4-6-17(7-5-16)23(28)29)25-22(27)19-13-30-20-10-11-26(21(19)20)12-15-2-8-18(24)9-3-15/h2-11,13-14H,12H2,1H3,(H,25,27)(H,28,29)/t14-/m0/s1. The Balaban J connectivity index is 1.55. The van der Waals surface area contributed by atoms with Crippen molar-refractivity contribution in [2.45, 2.75) is 19.5 Å². The normalized spacial score (nSPS) is 12.1. The van der Waals surface area contributed by atoms with Crippen molar-refractivity contribution >= 4 is 45.0 Å². The molecule has 4 rings (SSSR count). The van der Waals surface area contributed by atoms with Gasteiger partial charge in [-0.2, -0.15) is 0 Å². The summed E-state index contributed by atoms with van der Waals surface area (Å²) < 4.78 is 3.11. The number of fused-ring (bicyclic) bond motifs is 1. The van der Waals surface area contributed by atoms with Crippen LogP contribution in [0.4, 0.5) is 0 Å². The summed E-state index contributed by atoms with van der Waals surface area (Å²) in [4.78, 5) is 24.0. The van der Waals surface area contributed by atoms with Crippen LogP contribution in [-0.2, 0) is 6.54 Å². The maximum absolute atomic E-state index is 13.0. The molecule has 4 aromatic rings. The van der Waals surface area contributed by atoms with Crippen molar-refractivity contribution in [3.8, 4) is 0 Å². The fourth-order valence-electron chi connectivity index (χ4n) is 3.36. The van der Waals surface area contributed by atoms with Crippen LogP contribution < -0.4 is 5.32 Å². The molecule has 30 heavy (non-hydrogen) atoms. The molecular formula is C23H19ClN2O3S. The number of thiophene rings is 1. The molecule has 0 aliphatic carbocycles. The van der Waals surface area contributed by atoms with E-state index in [-0.39, 0.29) is 17.5 Å². The van der Waals surface area contributed by atoms with Gasteiger partial charge in [0.25, 0.3) is 5.91 Å². The van der Waals surface area contributed by atoms with Crippen molar-refractivity contribution in [1.29, 1.82) is 0 Å². The van der Waals surface area contributed by atoms with E-state index in [1.165, 1.54) is 11.3 Å². The Bertz CT molecular complexity index is 1210. The van der Waals surface area contributed by atoms with Crippen molar-refractivity contribution in [2.24, 2.45) is 0 Å². The molecule has 0 spiro atoms. The second-order valence-electron chi connectivity index (χ2n) is 7.05. The zero-order chi connectivity index (χ0) is 21.3. The van der Waals surface area contributed by atoms with Gasteiger partial charge < -0.3 is 15.0 Å². The van der Waals surface area contributed by atoms with E-state index < -0.39 is 5.97 Å². The SMILES string of the molecule is C[C@H](NC(=O)c1csc2ccn(Cc3ccc(Cl)cc3)c12)c1ccc(C(=O)O)cc1. The second kappa shape index (κ2) is 8.34. The molecular weight excluding hydrogens is 420 g/mol. The van der Waals surface area contributed by atoms with Gasteiger partial charge in [-0.15, -0.1) is 11.3 Å². The summed E-state index contributed by atoms with van der Waals surface area (Å²) >= 11 is 7.51. The quantitative estimate of drug-likeness (QED) is 0.412. The summed E-state index contributed by atoms with van der Waals surface area (Å²) in [6.45, 7) is 2.52. The summed E-state index contributed by atoms with van der Waals surface area (Å²) in [5.41, 5.74) is 3.69. The number of nitrogens with one attached hydrogen (secondary N) is 1. The van der Waals surface area contributed by atoms with Crippen LogP contribution in [0.2, 0.25) is 5.02 Å². The van der Waals surface area contributed by atoms with Gasteiger partial charge in [-0.25, -0.2) is 4.79 Å². The third kappa shape index (κ3) is 4.10. The number of amides is 1. The van der Waals surface area contributed by atoms with Crippen LogP contribution in [0, 0.1) is 0 Å². The molecule has 0 saturated carbocycles. The Morgan fingerprint density at radius 1 is 1.10 bits per heavy atom. The van der Waals surface area contributed by atoms with E-state index in [4.69, 9.17) is 16.7 Å². The molecule has 0 radical (unpaired) electrons. The van der Waals surface area contributed by atoms with Crippen molar-refractivity contribution in [2.75, 3.05) is 0 Å². The predicted molar refractivity (Wildman–Crippen MR) is 120 cm³/mol. The lowest BCUT2D eigenvalue weighted by Gasteiger charge is -2.15. The first kappa shape index (κ1) is 20.2. The number of aromatic nitrogens is 1. The van der Waals surface area contributed by atoms with Gasteiger partial charge in [-0.05, 0) is 48.4 Å². The highest BCUT2D eigenvalue weighted by molar-refractivity contribution is 7.17. The molecule has 7 heteroatoms. The zero-order valence-electron chi connectivity index (χ0n) is 16.1. The molecule has 152 valence electrons. The minimum atomic E-state index is -0.972. The Hall–Kier alpha value is -3.09. The number of halogens is 1. The average molecular weight is 439 g/mol. The number of carboxylic acids is 1. The van der Waals surface area contributed by atoms with Crippen LogP contribution in [0.1, 0.15) is 44.8 Å². The van der Waals surface area contributed by atoms with Gasteiger partial charge in [0, 0.05) is 23.1 Å². The summed E-state index contributed by atoms with van der Waals surface area (Å²) in [5.74, 6) is -1.13. The van der Waals surface area contributed by atoms with E-state index in [9.17, 15) is 9.59 Å². The lowest BCUT2D eigenvalue weighted by molar-refractivity contribution is 0.0696. The van der Waals surface area contributed by atoms with E-state index in [1.54, 1.807) is 24.3 Å².